The third kappa shape index (κ3) is 6.30. The minimum absolute atomic E-state index is 0.134. The van der Waals surface area contributed by atoms with Crippen molar-refractivity contribution in [3.63, 3.8) is 0 Å². The smallest absolute Gasteiger partial charge is 0.237 e. The van der Waals surface area contributed by atoms with Crippen molar-refractivity contribution in [1.29, 1.82) is 0 Å². The first-order chi connectivity index (χ1) is 13.9. The zero-order valence-electron chi connectivity index (χ0n) is 16.2. The Labute approximate surface area is 177 Å². The van der Waals surface area contributed by atoms with Crippen molar-refractivity contribution >= 4 is 57.1 Å². The predicted octanol–water partition coefficient (Wildman–Crippen LogP) is 4.67. The van der Waals surface area contributed by atoms with Crippen LogP contribution in [-0.4, -0.2) is 27.3 Å². The van der Waals surface area contributed by atoms with Crippen molar-refractivity contribution in [2.45, 2.75) is 30.4 Å². The number of anilines is 4. The number of hydrogen-bond acceptors (Lipinski definition) is 7. The second-order valence-corrected chi connectivity index (χ2v) is 8.94. The number of rotatable bonds is 7. The Kier molecular flexibility index (Phi) is 6.84. The van der Waals surface area contributed by atoms with Gasteiger partial charge in [0.1, 0.15) is 0 Å². The monoisotopic (exact) mass is 427 g/mol. The molecule has 1 aromatic heterocycles. The number of aryl methyl sites for hydroxylation is 1. The maximum absolute atomic E-state index is 12.5. The molecule has 0 fully saturated rings. The van der Waals surface area contributed by atoms with Crippen molar-refractivity contribution in [2.75, 3.05) is 16.0 Å². The van der Waals surface area contributed by atoms with E-state index in [1.807, 2.05) is 38.1 Å². The lowest BCUT2D eigenvalue weighted by atomic mass is 10.2. The van der Waals surface area contributed by atoms with Gasteiger partial charge in [-0.1, -0.05) is 35.2 Å². The van der Waals surface area contributed by atoms with Gasteiger partial charge in [-0.05, 0) is 55.8 Å². The van der Waals surface area contributed by atoms with E-state index in [1.165, 1.54) is 30.0 Å². The van der Waals surface area contributed by atoms with Crippen molar-refractivity contribution in [3.05, 3.63) is 54.1 Å². The van der Waals surface area contributed by atoms with Crippen LogP contribution in [0, 0.1) is 6.92 Å². The van der Waals surface area contributed by atoms with Crippen LogP contribution in [0.15, 0.2) is 52.9 Å². The summed E-state index contributed by atoms with van der Waals surface area (Å²) >= 11 is 2.76. The summed E-state index contributed by atoms with van der Waals surface area (Å²) in [7, 11) is 0. The first kappa shape index (κ1) is 20.8. The van der Waals surface area contributed by atoms with E-state index in [2.05, 4.69) is 26.1 Å². The lowest BCUT2D eigenvalue weighted by molar-refractivity contribution is -0.115. The molecule has 3 aromatic rings. The standard InChI is InChI=1S/C20H21N5O2S2/c1-12-5-4-6-17(11-12)23-19-24-25-20(29-19)28-13(2)18(27)22-16-9-7-15(8-10-16)21-14(3)26/h4-11,13H,1-3H3,(H,21,26)(H,22,27)(H,23,24)/t13-/m1/s1. The van der Waals surface area contributed by atoms with Crippen molar-refractivity contribution in [3.8, 4) is 0 Å². The number of hydrogen-bond donors (Lipinski definition) is 3. The molecule has 7 nitrogen and oxygen atoms in total. The molecule has 0 aliphatic carbocycles. The number of carbonyl (C=O) groups excluding carboxylic acids is 2. The first-order valence-electron chi connectivity index (χ1n) is 8.91. The van der Waals surface area contributed by atoms with E-state index >= 15 is 0 Å². The van der Waals surface area contributed by atoms with E-state index in [-0.39, 0.29) is 17.1 Å². The topological polar surface area (TPSA) is 96.0 Å². The summed E-state index contributed by atoms with van der Waals surface area (Å²) in [5.41, 5.74) is 3.45. The molecule has 0 unspecified atom stereocenters. The van der Waals surface area contributed by atoms with Crippen LogP contribution in [0.1, 0.15) is 19.4 Å². The molecule has 29 heavy (non-hydrogen) atoms. The average molecular weight is 428 g/mol. The Morgan fingerprint density at radius 1 is 1.00 bits per heavy atom. The van der Waals surface area contributed by atoms with E-state index in [0.29, 0.717) is 20.8 Å². The molecule has 1 heterocycles. The minimum atomic E-state index is -0.343. The molecule has 3 N–H and O–H groups in total. The molecule has 0 saturated heterocycles. The zero-order valence-corrected chi connectivity index (χ0v) is 17.9. The Morgan fingerprint density at radius 3 is 2.34 bits per heavy atom. The van der Waals surface area contributed by atoms with Crippen LogP contribution in [-0.2, 0) is 9.59 Å². The van der Waals surface area contributed by atoms with E-state index in [1.54, 1.807) is 24.3 Å². The van der Waals surface area contributed by atoms with Crippen LogP contribution < -0.4 is 16.0 Å². The number of nitrogens with one attached hydrogen (secondary N) is 3. The van der Waals surface area contributed by atoms with E-state index in [0.717, 1.165) is 11.3 Å². The van der Waals surface area contributed by atoms with Gasteiger partial charge in [-0.15, -0.1) is 10.2 Å². The van der Waals surface area contributed by atoms with Gasteiger partial charge in [-0.3, -0.25) is 9.59 Å². The molecule has 0 radical (unpaired) electrons. The summed E-state index contributed by atoms with van der Waals surface area (Å²) in [6, 6.07) is 15.0. The number of carbonyl (C=O) groups is 2. The van der Waals surface area contributed by atoms with E-state index < -0.39 is 0 Å². The predicted molar refractivity (Wildman–Crippen MR) is 119 cm³/mol. The van der Waals surface area contributed by atoms with E-state index in [9.17, 15) is 9.59 Å². The maximum Gasteiger partial charge on any atom is 0.237 e. The molecule has 0 bridgehead atoms. The number of aromatic nitrogens is 2. The largest absolute Gasteiger partial charge is 0.330 e. The summed E-state index contributed by atoms with van der Waals surface area (Å²) in [6.07, 6.45) is 0. The van der Waals surface area contributed by atoms with Crippen LogP contribution in [0.25, 0.3) is 0 Å². The number of nitrogens with zero attached hydrogens (tertiary/aromatic N) is 2. The van der Waals surface area contributed by atoms with Gasteiger partial charge >= 0.3 is 0 Å². The summed E-state index contributed by atoms with van der Waals surface area (Å²) in [5, 5.41) is 17.4. The van der Waals surface area contributed by atoms with Gasteiger partial charge in [0.25, 0.3) is 0 Å². The molecule has 150 valence electrons. The van der Waals surface area contributed by atoms with Gasteiger partial charge in [-0.25, -0.2) is 0 Å². The van der Waals surface area contributed by atoms with Crippen molar-refractivity contribution in [1.82, 2.24) is 10.2 Å². The fraction of sp³-hybridized carbons (Fsp3) is 0.200. The van der Waals surface area contributed by atoms with Crippen LogP contribution in [0.5, 0.6) is 0 Å². The SMILES string of the molecule is CC(=O)Nc1ccc(NC(=O)[C@@H](C)Sc2nnc(Nc3cccc(C)c3)s2)cc1. The summed E-state index contributed by atoms with van der Waals surface area (Å²) in [6.45, 7) is 5.30. The average Bonchev–Trinajstić information content (AvgIpc) is 3.09. The second kappa shape index (κ2) is 9.53. The van der Waals surface area contributed by atoms with Crippen LogP contribution >= 0.6 is 23.1 Å². The third-order valence-electron chi connectivity index (χ3n) is 3.80. The molecule has 9 heteroatoms. The summed E-state index contributed by atoms with van der Waals surface area (Å²) in [4.78, 5) is 23.5. The fourth-order valence-electron chi connectivity index (χ4n) is 2.44. The molecule has 0 aliphatic rings. The van der Waals surface area contributed by atoms with Crippen LogP contribution in [0.2, 0.25) is 0 Å². The molecular formula is C20H21N5O2S2. The molecule has 0 spiro atoms. The highest BCUT2D eigenvalue weighted by molar-refractivity contribution is 8.02. The molecule has 0 aliphatic heterocycles. The third-order valence-corrected chi connectivity index (χ3v) is 5.82. The lowest BCUT2D eigenvalue weighted by Gasteiger charge is -2.11. The summed E-state index contributed by atoms with van der Waals surface area (Å²) < 4.78 is 0.712. The maximum atomic E-state index is 12.5. The van der Waals surface area contributed by atoms with Gasteiger partial charge in [0.2, 0.25) is 16.9 Å². The van der Waals surface area contributed by atoms with E-state index in [4.69, 9.17) is 0 Å². The molecule has 0 saturated carbocycles. The lowest BCUT2D eigenvalue weighted by Crippen LogP contribution is -2.22. The Morgan fingerprint density at radius 2 is 1.69 bits per heavy atom. The van der Waals surface area contributed by atoms with Crippen LogP contribution in [0.4, 0.5) is 22.2 Å². The molecule has 2 amide bonds. The number of amides is 2. The Bertz CT molecular complexity index is 1000. The highest BCUT2D eigenvalue weighted by Crippen LogP contribution is 2.31. The quantitative estimate of drug-likeness (QED) is 0.474. The Balaban J connectivity index is 1.54. The van der Waals surface area contributed by atoms with Gasteiger partial charge < -0.3 is 16.0 Å². The number of benzene rings is 2. The zero-order chi connectivity index (χ0) is 20.8. The van der Waals surface area contributed by atoms with Crippen molar-refractivity contribution < 1.29 is 9.59 Å². The summed E-state index contributed by atoms with van der Waals surface area (Å²) in [5.74, 6) is -0.272. The second-order valence-electron chi connectivity index (χ2n) is 6.38. The van der Waals surface area contributed by atoms with Gasteiger partial charge in [0.15, 0.2) is 4.34 Å². The normalized spacial score (nSPS) is 11.6. The van der Waals surface area contributed by atoms with Crippen molar-refractivity contribution in [2.24, 2.45) is 0 Å². The molecule has 3 rings (SSSR count). The highest BCUT2D eigenvalue weighted by atomic mass is 32.2. The van der Waals surface area contributed by atoms with Gasteiger partial charge in [-0.2, -0.15) is 0 Å². The number of thioether (sulfide) groups is 1. The molecule has 2 aromatic carbocycles. The Hall–Kier alpha value is -2.91. The fourth-order valence-corrected chi connectivity index (χ4v) is 4.36. The first-order valence-corrected chi connectivity index (χ1v) is 10.6. The molecular weight excluding hydrogens is 406 g/mol. The van der Waals surface area contributed by atoms with Gasteiger partial charge in [0.05, 0.1) is 5.25 Å². The minimum Gasteiger partial charge on any atom is -0.330 e. The van der Waals surface area contributed by atoms with Gasteiger partial charge in [0, 0.05) is 24.0 Å². The highest BCUT2D eigenvalue weighted by Gasteiger charge is 2.17. The van der Waals surface area contributed by atoms with Crippen LogP contribution in [0.3, 0.4) is 0 Å². The molecule has 1 atom stereocenters.